The molecule has 3 N–H and O–H groups in total. The fourth-order valence-electron chi connectivity index (χ4n) is 9.73. The van der Waals surface area contributed by atoms with Gasteiger partial charge in [-0.25, -0.2) is 0 Å². The fraction of sp³-hybridized carbons (Fsp3) is 0.438. The lowest BCUT2D eigenvalue weighted by Crippen LogP contribution is -2.49. The summed E-state index contributed by atoms with van der Waals surface area (Å²) in [6.07, 6.45) is 0.762. The summed E-state index contributed by atoms with van der Waals surface area (Å²) >= 11 is 0. The highest BCUT2D eigenvalue weighted by Gasteiger charge is 2.67. The Kier molecular flexibility index (Phi) is 13.8. The van der Waals surface area contributed by atoms with Gasteiger partial charge >= 0.3 is 0 Å². The molecule has 0 bridgehead atoms. The Bertz CT molecular complexity index is 2240. The summed E-state index contributed by atoms with van der Waals surface area (Å²) in [4.78, 5) is 48.6. The third kappa shape index (κ3) is 8.89. The summed E-state index contributed by atoms with van der Waals surface area (Å²) in [5, 5.41) is 22.6. The molecule has 1 saturated heterocycles. The van der Waals surface area contributed by atoms with Crippen LogP contribution in [-0.2, 0) is 44.2 Å². The molecule has 3 heterocycles. The van der Waals surface area contributed by atoms with Crippen molar-refractivity contribution in [2.75, 3.05) is 49.8 Å². The van der Waals surface area contributed by atoms with E-state index in [4.69, 9.17) is 14.2 Å². The van der Waals surface area contributed by atoms with Crippen LogP contribution in [-0.4, -0.2) is 93.4 Å². The van der Waals surface area contributed by atoms with Gasteiger partial charge in [0.1, 0.15) is 11.5 Å². The normalized spacial score (nSPS) is 21.9. The zero-order valence-corrected chi connectivity index (χ0v) is 37.3. The summed E-state index contributed by atoms with van der Waals surface area (Å²) in [7, 11) is -2.06. The third-order valence-electron chi connectivity index (χ3n) is 12.5. The number of ether oxygens (including phenoxy) is 3. The number of hydrogen-bond donors (Lipinski definition) is 3. The number of aliphatic hydroxyl groups excluding tert-OH is 2. The molecule has 3 amide bonds. The van der Waals surface area contributed by atoms with Crippen LogP contribution in [0.4, 0.5) is 21.2 Å². The molecule has 7 rings (SSSR count). The van der Waals surface area contributed by atoms with Crippen LogP contribution in [0.3, 0.4) is 0 Å². The third-order valence-corrected chi connectivity index (χ3v) is 15.0. The van der Waals surface area contributed by atoms with Gasteiger partial charge in [-0.15, -0.1) is 0 Å². The number of anilines is 3. The molecule has 330 valence electrons. The molecule has 0 radical (unpaired) electrons. The van der Waals surface area contributed by atoms with Gasteiger partial charge in [0.15, 0.2) is 5.60 Å². The van der Waals surface area contributed by atoms with E-state index in [-0.39, 0.29) is 57.0 Å². The summed E-state index contributed by atoms with van der Waals surface area (Å²) in [6.45, 7) is 8.40. The van der Waals surface area contributed by atoms with E-state index in [9.17, 15) is 19.8 Å². The van der Waals surface area contributed by atoms with Gasteiger partial charge in [0, 0.05) is 42.4 Å². The quantitative estimate of drug-likeness (QED) is 0.0561. The molecule has 62 heavy (non-hydrogen) atoms. The van der Waals surface area contributed by atoms with Gasteiger partial charge < -0.3 is 43.6 Å². The van der Waals surface area contributed by atoms with E-state index in [2.05, 4.69) is 5.32 Å². The number of benzene rings is 4. The van der Waals surface area contributed by atoms with Crippen molar-refractivity contribution in [3.05, 3.63) is 113 Å². The second kappa shape index (κ2) is 19.1. The number of nitrogens with zero attached hydrogens (tertiary/aromatic N) is 3. The van der Waals surface area contributed by atoms with Crippen LogP contribution in [0.2, 0.25) is 18.6 Å². The maximum Gasteiger partial charge on any atom is 0.264 e. The second-order valence-electron chi connectivity index (χ2n) is 17.0. The van der Waals surface area contributed by atoms with E-state index in [1.165, 1.54) is 0 Å². The smallest absolute Gasteiger partial charge is 0.264 e. The number of carbonyl (C=O) groups is 3. The summed E-state index contributed by atoms with van der Waals surface area (Å²) in [5.41, 5.74) is 2.80. The highest BCUT2D eigenvalue weighted by atomic mass is 28.4. The first-order valence-corrected chi connectivity index (χ1v) is 24.6. The maximum absolute atomic E-state index is 16.7. The Balaban J connectivity index is 1.21. The molecule has 12 nitrogen and oxygen atoms in total. The second-order valence-corrected chi connectivity index (χ2v) is 20.8. The predicted molar refractivity (Wildman–Crippen MR) is 239 cm³/mol. The molecular weight excluding hydrogens is 808 g/mol. The average Bonchev–Trinajstić information content (AvgIpc) is 3.68. The fourth-order valence-corrected chi connectivity index (χ4v) is 12.2. The predicted octanol–water partition coefficient (Wildman–Crippen LogP) is 6.78. The van der Waals surface area contributed by atoms with Crippen molar-refractivity contribution in [2.24, 2.45) is 5.92 Å². The molecular formula is C48H59FN4O8Si. The van der Waals surface area contributed by atoms with Crippen LogP contribution >= 0.6 is 0 Å². The molecule has 4 aromatic carbocycles. The first-order chi connectivity index (χ1) is 29.8. The number of rotatable bonds is 18. The standard InChI is InChI=1S/C48H59FN4O8Si/c1-6-60-38-18-19-41-35(26-38)27-40(50-21-10-11-23-54)46(57)53(41)36-16-12-15-34(25-36)31-52-42-20-17-37(59-3)28-39(42)48(47(52)58)32(2)45(62(4,5)49)43(61-48)29-44(56)51(22-24-55)30-33-13-8-7-9-14-33/h7-9,12-20,25-26,28,32,40,43,45,50,54-55H,6,10-11,21-24,27,29-31H2,1-5H3/t32-,40?,43+,45-,48+/m0/s1. The molecule has 0 aliphatic carbocycles. The molecule has 1 spiro atoms. The van der Waals surface area contributed by atoms with Crippen molar-refractivity contribution in [1.82, 2.24) is 10.2 Å². The van der Waals surface area contributed by atoms with Crippen molar-refractivity contribution in [1.29, 1.82) is 0 Å². The van der Waals surface area contributed by atoms with Crippen LogP contribution in [0.25, 0.3) is 0 Å². The van der Waals surface area contributed by atoms with Gasteiger partial charge in [-0.2, -0.15) is 0 Å². The van der Waals surface area contributed by atoms with E-state index in [1.807, 2.05) is 92.7 Å². The van der Waals surface area contributed by atoms with Crippen molar-refractivity contribution in [3.63, 3.8) is 0 Å². The maximum atomic E-state index is 16.7. The zero-order chi connectivity index (χ0) is 44.2. The molecule has 0 saturated carbocycles. The Morgan fingerprint density at radius 1 is 0.952 bits per heavy atom. The summed E-state index contributed by atoms with van der Waals surface area (Å²) in [6, 6.07) is 27.7. The Labute approximate surface area is 364 Å². The molecule has 0 aromatic heterocycles. The molecule has 14 heteroatoms. The number of aliphatic hydroxyl groups is 2. The minimum atomic E-state index is -3.61. The number of methoxy groups -OCH3 is 1. The van der Waals surface area contributed by atoms with Gasteiger partial charge in [0.2, 0.25) is 20.2 Å². The van der Waals surface area contributed by atoms with Gasteiger partial charge in [-0.3, -0.25) is 19.3 Å². The summed E-state index contributed by atoms with van der Waals surface area (Å²) in [5.74, 6) is -0.187. The van der Waals surface area contributed by atoms with Gasteiger partial charge in [0.05, 0.1) is 56.8 Å². The number of unbranched alkanes of at least 4 members (excludes halogenated alkanes) is 1. The van der Waals surface area contributed by atoms with E-state index in [0.29, 0.717) is 48.7 Å². The Morgan fingerprint density at radius 3 is 2.40 bits per heavy atom. The Hall–Kier alpha value is -5.12. The number of nitrogens with one attached hydrogen (secondary N) is 1. The van der Waals surface area contributed by atoms with Crippen LogP contribution in [0.15, 0.2) is 91.0 Å². The number of halogens is 1. The molecule has 3 aliphatic rings. The minimum Gasteiger partial charge on any atom is -0.497 e. The molecule has 4 aromatic rings. The SMILES string of the molecule is CCOc1ccc2c(c1)CC(NCCCCO)C(=O)N2c1cccc(CN2C(=O)[C@]3(O[C@H](CC(=O)N(CCO)Cc4ccccc4)[C@@H]([Si](C)(C)F)[C@@H]3C)c3cc(OC)ccc32)c1. The molecule has 1 fully saturated rings. The number of hydrogen-bond acceptors (Lipinski definition) is 9. The van der Waals surface area contributed by atoms with Crippen molar-refractivity contribution >= 4 is 43.2 Å². The number of amides is 3. The number of fused-ring (bicyclic) bond motifs is 3. The minimum absolute atomic E-state index is 0.0826. The van der Waals surface area contributed by atoms with E-state index in [1.54, 1.807) is 47.0 Å². The summed E-state index contributed by atoms with van der Waals surface area (Å²) < 4.78 is 35.1. The largest absolute Gasteiger partial charge is 0.497 e. The van der Waals surface area contributed by atoms with Crippen LogP contribution in [0, 0.1) is 5.92 Å². The Morgan fingerprint density at radius 2 is 1.69 bits per heavy atom. The lowest BCUT2D eigenvalue weighted by molar-refractivity contribution is -0.150. The first-order valence-electron chi connectivity index (χ1n) is 21.7. The monoisotopic (exact) mass is 866 g/mol. The van der Waals surface area contributed by atoms with Gasteiger partial charge in [0.25, 0.3) is 5.91 Å². The molecule has 5 atom stereocenters. The van der Waals surface area contributed by atoms with Crippen LogP contribution < -0.4 is 24.6 Å². The topological polar surface area (TPSA) is 141 Å². The van der Waals surface area contributed by atoms with E-state index < -0.39 is 37.6 Å². The van der Waals surface area contributed by atoms with Crippen molar-refractivity contribution < 1.29 is 42.9 Å². The van der Waals surface area contributed by atoms with Crippen molar-refractivity contribution in [2.45, 2.75) is 89.0 Å². The number of carbonyl (C=O) groups excluding carboxylic acids is 3. The first kappa shape index (κ1) is 44.9. The average molecular weight is 867 g/mol. The van der Waals surface area contributed by atoms with E-state index >= 15 is 8.90 Å². The molecule has 1 unspecified atom stereocenters. The highest BCUT2D eigenvalue weighted by molar-refractivity contribution is 6.72. The lowest BCUT2D eigenvalue weighted by Gasteiger charge is -2.35. The highest BCUT2D eigenvalue weighted by Crippen LogP contribution is 2.61. The van der Waals surface area contributed by atoms with Crippen molar-refractivity contribution in [3.8, 4) is 11.5 Å². The van der Waals surface area contributed by atoms with Gasteiger partial charge in [-0.05, 0) is 111 Å². The molecule has 3 aliphatic heterocycles. The van der Waals surface area contributed by atoms with Crippen LogP contribution in [0.5, 0.6) is 11.5 Å². The zero-order valence-electron chi connectivity index (χ0n) is 36.3. The van der Waals surface area contributed by atoms with E-state index in [0.717, 1.165) is 34.5 Å². The lowest BCUT2D eigenvalue weighted by atomic mass is 9.82. The van der Waals surface area contributed by atoms with Crippen LogP contribution in [0.1, 0.15) is 55.4 Å². The van der Waals surface area contributed by atoms with Gasteiger partial charge in [-0.1, -0.05) is 49.4 Å².